The van der Waals surface area contributed by atoms with Crippen LogP contribution in [0.3, 0.4) is 0 Å². The zero-order valence-corrected chi connectivity index (χ0v) is 25.6. The van der Waals surface area contributed by atoms with Gasteiger partial charge in [-0.3, -0.25) is 9.69 Å². The molecule has 0 heterocycles. The number of ether oxygens (including phenoxy) is 1. The molecule has 44 heavy (non-hydrogen) atoms. The van der Waals surface area contributed by atoms with Crippen LogP contribution in [0.2, 0.25) is 5.02 Å². The molecule has 4 nitrogen and oxygen atoms in total. The van der Waals surface area contributed by atoms with Crippen molar-refractivity contribution in [2.24, 2.45) is 5.41 Å². The Hall–Kier alpha value is -3.81. The average molecular weight is 624 g/mol. The summed E-state index contributed by atoms with van der Waals surface area (Å²) < 4.78 is 47.0. The Bertz CT molecular complexity index is 1470. The van der Waals surface area contributed by atoms with E-state index in [1.165, 1.54) is 6.07 Å². The Morgan fingerprint density at radius 3 is 2.09 bits per heavy atom. The van der Waals surface area contributed by atoms with Gasteiger partial charge in [-0.1, -0.05) is 96.5 Å². The van der Waals surface area contributed by atoms with Crippen LogP contribution in [0.5, 0.6) is 5.75 Å². The van der Waals surface area contributed by atoms with Gasteiger partial charge in [0.05, 0.1) is 22.6 Å². The van der Waals surface area contributed by atoms with Crippen LogP contribution in [0.1, 0.15) is 54.0 Å². The van der Waals surface area contributed by atoms with Crippen LogP contribution in [0.4, 0.5) is 13.2 Å². The van der Waals surface area contributed by atoms with E-state index in [0.717, 1.165) is 22.8 Å². The van der Waals surface area contributed by atoms with Crippen LogP contribution in [-0.4, -0.2) is 35.7 Å². The molecule has 0 aliphatic rings. The van der Waals surface area contributed by atoms with Crippen molar-refractivity contribution in [2.75, 3.05) is 19.7 Å². The number of rotatable bonds is 14. The van der Waals surface area contributed by atoms with Gasteiger partial charge in [0.2, 0.25) is 0 Å². The van der Waals surface area contributed by atoms with Crippen molar-refractivity contribution in [1.29, 1.82) is 0 Å². The molecular weight excluding hydrogens is 587 g/mol. The summed E-state index contributed by atoms with van der Waals surface area (Å²) in [5.41, 5.74) is 1.75. The summed E-state index contributed by atoms with van der Waals surface area (Å²) in [6.07, 6.45) is -3.57. The van der Waals surface area contributed by atoms with Gasteiger partial charge in [-0.2, -0.15) is 13.2 Å². The Morgan fingerprint density at radius 1 is 0.886 bits per heavy atom. The maximum atomic E-state index is 13.6. The van der Waals surface area contributed by atoms with Gasteiger partial charge in [0.1, 0.15) is 5.75 Å². The Balaban J connectivity index is 1.53. The maximum Gasteiger partial charge on any atom is 0.417 e. The third kappa shape index (κ3) is 9.10. The van der Waals surface area contributed by atoms with Crippen LogP contribution < -0.4 is 4.74 Å². The minimum absolute atomic E-state index is 0.0165. The zero-order valence-electron chi connectivity index (χ0n) is 24.9. The predicted molar refractivity (Wildman–Crippen MR) is 168 cm³/mol. The molecule has 0 bridgehead atoms. The number of aliphatic carboxylic acids is 1. The van der Waals surface area contributed by atoms with E-state index in [0.29, 0.717) is 43.9 Å². The highest BCUT2D eigenvalue weighted by atomic mass is 35.5. The quantitative estimate of drug-likeness (QED) is 0.142. The summed E-state index contributed by atoms with van der Waals surface area (Å²) in [5, 5.41) is 9.20. The fourth-order valence-electron chi connectivity index (χ4n) is 5.24. The molecule has 1 N–H and O–H groups in total. The number of alkyl halides is 3. The highest BCUT2D eigenvalue weighted by Gasteiger charge is 2.34. The van der Waals surface area contributed by atoms with E-state index in [-0.39, 0.29) is 17.5 Å². The number of carboxylic acid groups (broad SMARTS) is 1. The Morgan fingerprint density at radius 2 is 1.50 bits per heavy atom. The van der Waals surface area contributed by atoms with Crippen molar-refractivity contribution in [1.82, 2.24) is 4.90 Å². The normalized spacial score (nSPS) is 12.1. The molecule has 0 aromatic heterocycles. The lowest BCUT2D eigenvalue weighted by Gasteiger charge is -2.29. The van der Waals surface area contributed by atoms with E-state index in [1.54, 1.807) is 19.9 Å². The summed E-state index contributed by atoms with van der Waals surface area (Å²) in [5.74, 6) is -0.242. The molecule has 0 spiro atoms. The largest absolute Gasteiger partial charge is 0.494 e. The standard InChI is InChI=1S/C36H37ClF3NO3/c1-35(2,34(42)43)23-26-12-9-18-30(22-26)44-21-11-20-41(24-29-17-10-19-32(33(29)37)36(38,39)40)25-31(27-13-5-3-6-14-27)28-15-7-4-8-16-28/h3-10,12-19,22,31H,11,20-21,23-25H2,1-2H3,(H,42,43). The van der Waals surface area contributed by atoms with E-state index in [4.69, 9.17) is 16.3 Å². The zero-order chi connectivity index (χ0) is 31.7. The molecule has 0 aliphatic heterocycles. The van der Waals surface area contributed by atoms with Crippen molar-refractivity contribution in [3.05, 3.63) is 136 Å². The van der Waals surface area contributed by atoms with Gasteiger partial charge < -0.3 is 9.84 Å². The van der Waals surface area contributed by atoms with Crippen molar-refractivity contribution in [3.8, 4) is 5.75 Å². The van der Waals surface area contributed by atoms with Gasteiger partial charge in [0.15, 0.2) is 0 Å². The fraction of sp³-hybridized carbons (Fsp3) is 0.306. The first kappa shape index (κ1) is 33.1. The number of hydrogen-bond donors (Lipinski definition) is 1. The molecule has 0 unspecified atom stereocenters. The molecule has 0 saturated heterocycles. The third-order valence-corrected chi connectivity index (χ3v) is 8.08. The minimum Gasteiger partial charge on any atom is -0.494 e. The van der Waals surface area contributed by atoms with Gasteiger partial charge >= 0.3 is 12.1 Å². The van der Waals surface area contributed by atoms with E-state index in [9.17, 15) is 23.1 Å². The van der Waals surface area contributed by atoms with Gasteiger partial charge in [-0.25, -0.2) is 0 Å². The summed E-state index contributed by atoms with van der Waals surface area (Å²) in [4.78, 5) is 13.7. The first-order valence-corrected chi connectivity index (χ1v) is 14.9. The van der Waals surface area contributed by atoms with Gasteiger partial charge in [0, 0.05) is 25.6 Å². The SMILES string of the molecule is CC(C)(Cc1cccc(OCCCN(Cc2cccc(C(F)(F)F)c2Cl)CC(c2ccccc2)c2ccccc2)c1)C(=O)O. The Labute approximate surface area is 262 Å². The molecule has 0 aliphatic carbocycles. The fourth-order valence-corrected chi connectivity index (χ4v) is 5.53. The maximum absolute atomic E-state index is 13.6. The average Bonchev–Trinajstić information content (AvgIpc) is 2.99. The monoisotopic (exact) mass is 623 g/mol. The summed E-state index contributed by atoms with van der Waals surface area (Å²) in [6, 6.07) is 31.6. The van der Waals surface area contributed by atoms with E-state index in [1.807, 2.05) is 60.7 Å². The molecular formula is C36H37ClF3NO3. The number of halogens is 4. The van der Waals surface area contributed by atoms with Crippen molar-refractivity contribution in [2.45, 2.75) is 45.3 Å². The van der Waals surface area contributed by atoms with Crippen LogP contribution in [0.25, 0.3) is 0 Å². The van der Waals surface area contributed by atoms with Crippen LogP contribution in [0, 0.1) is 5.41 Å². The minimum atomic E-state index is -4.55. The first-order valence-electron chi connectivity index (χ1n) is 14.6. The second kappa shape index (κ2) is 14.8. The van der Waals surface area contributed by atoms with Gasteiger partial charge in [0.25, 0.3) is 0 Å². The summed E-state index contributed by atoms with van der Waals surface area (Å²) in [7, 11) is 0. The van der Waals surface area contributed by atoms with E-state index >= 15 is 0 Å². The lowest BCUT2D eigenvalue weighted by Crippen LogP contribution is -2.31. The molecule has 232 valence electrons. The molecule has 0 amide bonds. The third-order valence-electron chi connectivity index (χ3n) is 7.63. The summed E-state index contributed by atoms with van der Waals surface area (Å²) >= 11 is 6.32. The van der Waals surface area contributed by atoms with Crippen LogP contribution >= 0.6 is 11.6 Å². The van der Waals surface area contributed by atoms with Crippen LogP contribution in [0.15, 0.2) is 103 Å². The highest BCUT2D eigenvalue weighted by molar-refractivity contribution is 6.32. The first-order chi connectivity index (χ1) is 20.9. The smallest absolute Gasteiger partial charge is 0.417 e. The predicted octanol–water partition coefficient (Wildman–Crippen LogP) is 9.12. The second-order valence-corrected chi connectivity index (χ2v) is 12.0. The summed E-state index contributed by atoms with van der Waals surface area (Å²) in [6.45, 7) is 5.09. The van der Waals surface area contributed by atoms with Crippen molar-refractivity contribution >= 4 is 17.6 Å². The number of carboxylic acids is 1. The second-order valence-electron chi connectivity index (χ2n) is 11.6. The molecule has 4 aromatic carbocycles. The number of benzene rings is 4. The Kier molecular flexibility index (Phi) is 11.1. The van der Waals surface area contributed by atoms with Crippen LogP contribution in [-0.2, 0) is 23.9 Å². The molecule has 8 heteroatoms. The number of carbonyl (C=O) groups is 1. The molecule has 0 atom stereocenters. The van der Waals surface area contributed by atoms with Gasteiger partial charge in [-0.15, -0.1) is 0 Å². The highest BCUT2D eigenvalue weighted by Crippen LogP contribution is 2.37. The van der Waals surface area contributed by atoms with Gasteiger partial charge in [-0.05, 0) is 67.1 Å². The lowest BCUT2D eigenvalue weighted by molar-refractivity contribution is -0.146. The van der Waals surface area contributed by atoms with Crippen molar-refractivity contribution in [3.63, 3.8) is 0 Å². The molecule has 4 rings (SSSR count). The van der Waals surface area contributed by atoms with E-state index < -0.39 is 23.1 Å². The van der Waals surface area contributed by atoms with Crippen molar-refractivity contribution < 1.29 is 27.8 Å². The molecule has 0 fully saturated rings. The lowest BCUT2D eigenvalue weighted by atomic mass is 9.86. The number of nitrogens with zero attached hydrogens (tertiary/aromatic N) is 1. The molecule has 0 radical (unpaired) electrons. The molecule has 0 saturated carbocycles. The molecule has 4 aromatic rings. The van der Waals surface area contributed by atoms with E-state index in [2.05, 4.69) is 29.2 Å². The number of hydrogen-bond acceptors (Lipinski definition) is 3. The topological polar surface area (TPSA) is 49.8 Å².